The third-order valence-electron chi connectivity index (χ3n) is 4.75. The van der Waals surface area contributed by atoms with Gasteiger partial charge in [0, 0.05) is 23.7 Å². The fourth-order valence-corrected chi connectivity index (χ4v) is 2.97. The van der Waals surface area contributed by atoms with E-state index in [0.717, 1.165) is 0 Å². The number of rotatable bonds is 8. The molecule has 11 nitrogen and oxygen atoms in total. The molecule has 2 aromatic carbocycles. The summed E-state index contributed by atoms with van der Waals surface area (Å²) in [4.78, 5) is 41.3. The normalized spacial score (nSPS) is 12.7. The first-order chi connectivity index (χ1) is 16.2. The van der Waals surface area contributed by atoms with Crippen molar-refractivity contribution in [3.05, 3.63) is 64.4 Å². The van der Waals surface area contributed by atoms with E-state index < -0.39 is 5.91 Å². The van der Waals surface area contributed by atoms with Gasteiger partial charge in [0.1, 0.15) is 5.76 Å². The molecule has 0 saturated carbocycles. The molecular weight excluding hydrogens is 438 g/mol. The van der Waals surface area contributed by atoms with Crippen molar-refractivity contribution in [2.75, 3.05) is 10.6 Å². The van der Waals surface area contributed by atoms with E-state index in [4.69, 9.17) is 5.26 Å². The standard InChI is InChI=1S/C23H23N7O4/c1-13(12-24)6-9-20(32)25-15-4-3-5-16(10-15)26-22(33)21(14(2)31)30-29-17-7-8-18-19(11-17)28-23(34)27-18/h3-5,7-8,10-11,13,31H,6,9H2,1-2H3,(H,25,32)(H,26,33)(H2,27,28,34). The van der Waals surface area contributed by atoms with Crippen molar-refractivity contribution in [2.24, 2.45) is 16.1 Å². The number of amides is 2. The number of fused-ring (bicyclic) bond motifs is 1. The molecular formula is C23H23N7O4. The van der Waals surface area contributed by atoms with Crippen LogP contribution < -0.4 is 16.3 Å². The summed E-state index contributed by atoms with van der Waals surface area (Å²) in [5.74, 6) is -1.50. The lowest BCUT2D eigenvalue weighted by molar-refractivity contribution is -0.116. The van der Waals surface area contributed by atoms with Gasteiger partial charge in [-0.25, -0.2) is 4.79 Å². The predicted molar refractivity (Wildman–Crippen MR) is 126 cm³/mol. The summed E-state index contributed by atoms with van der Waals surface area (Å²) >= 11 is 0. The zero-order valence-corrected chi connectivity index (χ0v) is 18.5. The van der Waals surface area contributed by atoms with Crippen LogP contribution in [0.2, 0.25) is 0 Å². The highest BCUT2D eigenvalue weighted by Crippen LogP contribution is 2.21. The van der Waals surface area contributed by atoms with Gasteiger partial charge in [0.15, 0.2) is 5.70 Å². The summed E-state index contributed by atoms with van der Waals surface area (Å²) in [5.41, 5.74) is 1.67. The van der Waals surface area contributed by atoms with E-state index in [1.165, 1.54) is 6.92 Å². The maximum absolute atomic E-state index is 12.7. The van der Waals surface area contributed by atoms with Crippen LogP contribution in [0.15, 0.2) is 68.9 Å². The third kappa shape index (κ3) is 6.39. The first-order valence-corrected chi connectivity index (χ1v) is 10.4. The molecule has 0 aliphatic carbocycles. The summed E-state index contributed by atoms with van der Waals surface area (Å²) < 4.78 is 0. The fourth-order valence-electron chi connectivity index (χ4n) is 2.97. The van der Waals surface area contributed by atoms with Crippen molar-refractivity contribution >= 4 is 39.9 Å². The number of azo groups is 1. The lowest BCUT2D eigenvalue weighted by atomic mass is 10.1. The van der Waals surface area contributed by atoms with Crippen LogP contribution in [0.5, 0.6) is 0 Å². The largest absolute Gasteiger partial charge is 0.510 e. The fraction of sp³-hybridized carbons (Fsp3) is 0.217. The number of allylic oxidation sites excluding steroid dienone is 1. The molecule has 0 spiro atoms. The van der Waals surface area contributed by atoms with Crippen molar-refractivity contribution in [2.45, 2.75) is 26.7 Å². The molecule has 1 aromatic heterocycles. The van der Waals surface area contributed by atoms with Gasteiger partial charge in [-0.05, 0) is 56.7 Å². The molecule has 2 amide bonds. The van der Waals surface area contributed by atoms with Gasteiger partial charge in [-0.3, -0.25) is 9.59 Å². The van der Waals surface area contributed by atoms with Gasteiger partial charge >= 0.3 is 5.69 Å². The number of hydrogen-bond acceptors (Lipinski definition) is 7. The highest BCUT2D eigenvalue weighted by Gasteiger charge is 2.14. The molecule has 0 saturated heterocycles. The smallest absolute Gasteiger partial charge is 0.323 e. The molecule has 5 N–H and O–H groups in total. The molecule has 0 fully saturated rings. The van der Waals surface area contributed by atoms with Crippen LogP contribution in [0.3, 0.4) is 0 Å². The van der Waals surface area contributed by atoms with Crippen molar-refractivity contribution in [1.29, 1.82) is 5.26 Å². The predicted octanol–water partition coefficient (Wildman–Crippen LogP) is 4.25. The van der Waals surface area contributed by atoms with E-state index in [9.17, 15) is 19.5 Å². The Bertz CT molecular complexity index is 1370. The Kier molecular flexibility index (Phi) is 7.56. The Morgan fingerprint density at radius 1 is 1.12 bits per heavy atom. The molecule has 0 bridgehead atoms. The van der Waals surface area contributed by atoms with E-state index in [1.54, 1.807) is 49.4 Å². The van der Waals surface area contributed by atoms with Crippen LogP contribution >= 0.6 is 0 Å². The average Bonchev–Trinajstić information content (AvgIpc) is 3.16. The number of carbonyl (C=O) groups is 2. The molecule has 1 atom stereocenters. The Morgan fingerprint density at radius 3 is 2.53 bits per heavy atom. The summed E-state index contributed by atoms with van der Waals surface area (Å²) in [6.45, 7) is 3.05. The van der Waals surface area contributed by atoms with E-state index in [1.807, 2.05) is 0 Å². The molecule has 0 aliphatic rings. The van der Waals surface area contributed by atoms with E-state index in [0.29, 0.717) is 34.5 Å². The van der Waals surface area contributed by atoms with Gasteiger partial charge in [-0.15, -0.1) is 5.11 Å². The lowest BCUT2D eigenvalue weighted by Gasteiger charge is -2.09. The quantitative estimate of drug-likeness (QED) is 0.191. The van der Waals surface area contributed by atoms with Crippen LogP contribution in [0, 0.1) is 17.2 Å². The van der Waals surface area contributed by atoms with Crippen LogP contribution in [-0.2, 0) is 9.59 Å². The minimum Gasteiger partial charge on any atom is -0.510 e. The second-order valence-electron chi connectivity index (χ2n) is 7.59. The summed E-state index contributed by atoms with van der Waals surface area (Å²) in [6, 6.07) is 13.4. The summed E-state index contributed by atoms with van der Waals surface area (Å²) in [7, 11) is 0. The van der Waals surface area contributed by atoms with Crippen LogP contribution in [0.25, 0.3) is 11.0 Å². The van der Waals surface area contributed by atoms with Crippen molar-refractivity contribution in [1.82, 2.24) is 9.97 Å². The number of nitrogens with zero attached hydrogens (tertiary/aromatic N) is 3. The number of anilines is 2. The monoisotopic (exact) mass is 461 g/mol. The van der Waals surface area contributed by atoms with Gasteiger partial charge < -0.3 is 25.7 Å². The zero-order valence-electron chi connectivity index (χ0n) is 18.5. The summed E-state index contributed by atoms with van der Waals surface area (Å²) in [5, 5.41) is 31.9. The number of aromatic amines is 2. The summed E-state index contributed by atoms with van der Waals surface area (Å²) in [6.07, 6.45) is 0.644. The maximum atomic E-state index is 12.7. The number of imidazole rings is 1. The number of aromatic nitrogens is 2. The SMILES string of the molecule is CC(O)=C(N=Nc1ccc2[nH]c(=O)[nH]c2c1)C(=O)Nc1cccc(NC(=O)CCC(C)C#N)c1. The van der Waals surface area contributed by atoms with E-state index in [2.05, 4.69) is 36.9 Å². The van der Waals surface area contributed by atoms with Crippen molar-refractivity contribution in [3.63, 3.8) is 0 Å². The maximum Gasteiger partial charge on any atom is 0.323 e. The molecule has 3 aromatic rings. The first-order valence-electron chi connectivity index (χ1n) is 10.4. The molecule has 3 rings (SSSR count). The number of nitriles is 1. The second kappa shape index (κ2) is 10.7. The molecule has 34 heavy (non-hydrogen) atoms. The lowest BCUT2D eigenvalue weighted by Crippen LogP contribution is -2.15. The molecule has 0 radical (unpaired) electrons. The van der Waals surface area contributed by atoms with Gasteiger partial charge in [0.2, 0.25) is 5.91 Å². The van der Waals surface area contributed by atoms with Crippen LogP contribution in [-0.4, -0.2) is 26.9 Å². The Labute approximate surface area is 194 Å². The number of aliphatic hydroxyl groups is 1. The Hall–Kier alpha value is -4.72. The zero-order chi connectivity index (χ0) is 24.7. The van der Waals surface area contributed by atoms with Crippen molar-refractivity contribution < 1.29 is 14.7 Å². The molecule has 1 heterocycles. The molecule has 11 heteroatoms. The average molecular weight is 461 g/mol. The number of carbonyl (C=O) groups excluding carboxylic acids is 2. The minimum absolute atomic E-state index is 0.199. The number of H-pyrrole nitrogens is 2. The van der Waals surface area contributed by atoms with E-state index >= 15 is 0 Å². The van der Waals surface area contributed by atoms with Crippen molar-refractivity contribution in [3.8, 4) is 6.07 Å². The Balaban J connectivity index is 1.68. The van der Waals surface area contributed by atoms with Gasteiger partial charge in [-0.2, -0.15) is 10.4 Å². The van der Waals surface area contributed by atoms with Gasteiger partial charge in [-0.1, -0.05) is 6.07 Å². The molecule has 174 valence electrons. The van der Waals surface area contributed by atoms with Gasteiger partial charge in [0.25, 0.3) is 5.91 Å². The Morgan fingerprint density at radius 2 is 1.82 bits per heavy atom. The third-order valence-corrected chi connectivity index (χ3v) is 4.75. The minimum atomic E-state index is -0.703. The van der Waals surface area contributed by atoms with Crippen LogP contribution in [0.4, 0.5) is 17.1 Å². The topological polar surface area (TPSA) is 176 Å². The number of nitrogens with one attached hydrogen (secondary N) is 4. The highest BCUT2D eigenvalue weighted by molar-refractivity contribution is 6.04. The van der Waals surface area contributed by atoms with E-state index in [-0.39, 0.29) is 35.4 Å². The highest BCUT2D eigenvalue weighted by atomic mass is 16.3. The van der Waals surface area contributed by atoms with Gasteiger partial charge in [0.05, 0.1) is 22.8 Å². The number of aliphatic hydroxyl groups excluding tert-OH is 1. The van der Waals surface area contributed by atoms with Crippen LogP contribution in [0.1, 0.15) is 26.7 Å². The molecule has 0 aliphatic heterocycles. The number of hydrogen-bond donors (Lipinski definition) is 5. The molecule has 1 unspecified atom stereocenters. The second-order valence-corrected chi connectivity index (χ2v) is 7.59. The number of benzene rings is 2. The first kappa shape index (κ1) is 23.9.